The number of rotatable bonds is 6. The molecule has 1 amide bonds. The molecule has 0 spiro atoms. The molecule has 1 saturated heterocycles. The molecule has 2 fully saturated rings. The first kappa shape index (κ1) is 23.2. The normalized spacial score (nSPS) is 17.8. The SMILES string of the molecule is CN1CCN(Cc2ccc(C(=O)N(Nc3nc(C#N)nc4nc[nH]c34)C3CCCCC3)cc2)CC1. The smallest absolute Gasteiger partial charge is 0.272 e. The summed E-state index contributed by atoms with van der Waals surface area (Å²) in [4.78, 5) is 34.2. The van der Waals surface area contributed by atoms with Crippen LogP contribution in [0.4, 0.5) is 5.82 Å². The molecule has 2 aliphatic rings. The Kier molecular flexibility index (Phi) is 6.88. The maximum Gasteiger partial charge on any atom is 0.272 e. The highest BCUT2D eigenvalue weighted by Gasteiger charge is 2.28. The Labute approximate surface area is 204 Å². The Morgan fingerprint density at radius 2 is 1.89 bits per heavy atom. The summed E-state index contributed by atoms with van der Waals surface area (Å²) in [6.45, 7) is 5.17. The number of hydrogen-bond donors (Lipinski definition) is 2. The first-order valence-corrected chi connectivity index (χ1v) is 12.3. The Morgan fingerprint density at radius 1 is 1.14 bits per heavy atom. The van der Waals surface area contributed by atoms with Crippen LogP contribution in [0.15, 0.2) is 30.6 Å². The molecule has 0 unspecified atom stereocenters. The fourth-order valence-corrected chi connectivity index (χ4v) is 4.88. The number of hydrazine groups is 1. The summed E-state index contributed by atoms with van der Waals surface area (Å²) in [7, 11) is 2.16. The largest absolute Gasteiger partial charge is 0.340 e. The van der Waals surface area contributed by atoms with Crippen molar-refractivity contribution in [1.82, 2.24) is 34.7 Å². The molecular weight excluding hydrogens is 442 g/mol. The molecule has 1 aliphatic heterocycles. The topological polar surface area (TPSA) is 117 Å². The van der Waals surface area contributed by atoms with E-state index in [4.69, 9.17) is 0 Å². The Bertz CT molecular complexity index is 1200. The minimum absolute atomic E-state index is 0.0106. The molecule has 1 aliphatic carbocycles. The number of amides is 1. The molecule has 35 heavy (non-hydrogen) atoms. The van der Waals surface area contributed by atoms with Crippen LogP contribution in [-0.4, -0.2) is 79.9 Å². The molecule has 3 heterocycles. The van der Waals surface area contributed by atoms with Crippen molar-refractivity contribution in [3.8, 4) is 6.07 Å². The molecule has 2 aromatic heterocycles. The van der Waals surface area contributed by atoms with E-state index in [0.717, 1.165) is 58.4 Å². The third-order valence-electron chi connectivity index (χ3n) is 6.97. The van der Waals surface area contributed by atoms with Gasteiger partial charge in [-0.2, -0.15) is 15.2 Å². The summed E-state index contributed by atoms with van der Waals surface area (Å²) < 4.78 is 0. The fraction of sp³-hybridized carbons (Fsp3) is 0.480. The van der Waals surface area contributed by atoms with Crippen molar-refractivity contribution in [2.45, 2.75) is 44.7 Å². The van der Waals surface area contributed by atoms with Gasteiger partial charge in [-0.25, -0.2) is 9.99 Å². The number of piperazine rings is 1. The van der Waals surface area contributed by atoms with Gasteiger partial charge in [0, 0.05) is 38.3 Å². The number of likely N-dealkylation sites (N-methyl/N-ethyl adjacent to an activating group) is 1. The molecule has 2 N–H and O–H groups in total. The summed E-state index contributed by atoms with van der Waals surface area (Å²) in [5.41, 5.74) is 6.03. The summed E-state index contributed by atoms with van der Waals surface area (Å²) in [5, 5.41) is 11.1. The maximum atomic E-state index is 13.7. The Balaban J connectivity index is 1.37. The number of nitrogens with one attached hydrogen (secondary N) is 2. The van der Waals surface area contributed by atoms with Crippen LogP contribution in [0.1, 0.15) is 53.8 Å². The van der Waals surface area contributed by atoms with Crippen molar-refractivity contribution < 1.29 is 4.79 Å². The van der Waals surface area contributed by atoms with Crippen LogP contribution in [0.5, 0.6) is 0 Å². The van der Waals surface area contributed by atoms with E-state index in [1.807, 2.05) is 18.2 Å². The predicted molar refractivity (Wildman–Crippen MR) is 132 cm³/mol. The van der Waals surface area contributed by atoms with Gasteiger partial charge in [-0.15, -0.1) is 0 Å². The second-order valence-electron chi connectivity index (χ2n) is 9.46. The zero-order chi connectivity index (χ0) is 24.2. The van der Waals surface area contributed by atoms with E-state index in [-0.39, 0.29) is 17.8 Å². The number of nitriles is 1. The number of benzene rings is 1. The number of imidazole rings is 1. The van der Waals surface area contributed by atoms with Crippen LogP contribution in [0.3, 0.4) is 0 Å². The van der Waals surface area contributed by atoms with Crippen molar-refractivity contribution in [2.24, 2.45) is 0 Å². The molecule has 0 atom stereocenters. The molecule has 5 rings (SSSR count). The van der Waals surface area contributed by atoms with E-state index in [1.165, 1.54) is 18.3 Å². The number of hydrogen-bond acceptors (Lipinski definition) is 8. The van der Waals surface area contributed by atoms with E-state index in [0.29, 0.717) is 22.5 Å². The molecule has 10 nitrogen and oxygen atoms in total. The van der Waals surface area contributed by atoms with Crippen LogP contribution in [-0.2, 0) is 6.54 Å². The standard InChI is InChI=1S/C25H31N9O/c1-32-11-13-33(14-12-32)16-18-7-9-19(10-8-18)25(35)34(20-5-3-2-4-6-20)31-24-22-23(28-17-27-22)29-21(15-26)30-24/h7-10,17,20H,2-6,11-14,16H2,1H3,(H2,27,28,29,30,31). The Hall–Kier alpha value is -3.55. The lowest BCUT2D eigenvalue weighted by molar-refractivity contribution is 0.0692. The van der Waals surface area contributed by atoms with Crippen LogP contribution in [0, 0.1) is 11.3 Å². The molecule has 1 saturated carbocycles. The van der Waals surface area contributed by atoms with E-state index in [1.54, 1.807) is 5.01 Å². The van der Waals surface area contributed by atoms with Crippen molar-refractivity contribution in [2.75, 3.05) is 38.7 Å². The number of anilines is 1. The third-order valence-corrected chi connectivity index (χ3v) is 6.97. The summed E-state index contributed by atoms with van der Waals surface area (Å²) in [6, 6.07) is 9.95. The van der Waals surface area contributed by atoms with Gasteiger partial charge in [-0.05, 0) is 37.6 Å². The number of carbonyl (C=O) groups excluding carboxylic acids is 1. The highest BCUT2D eigenvalue weighted by Crippen LogP contribution is 2.26. The number of fused-ring (bicyclic) bond motifs is 1. The van der Waals surface area contributed by atoms with E-state index in [2.05, 4.69) is 54.3 Å². The van der Waals surface area contributed by atoms with Crippen molar-refractivity contribution in [3.63, 3.8) is 0 Å². The van der Waals surface area contributed by atoms with Gasteiger partial charge in [-0.1, -0.05) is 31.4 Å². The van der Waals surface area contributed by atoms with Gasteiger partial charge >= 0.3 is 0 Å². The average Bonchev–Trinajstić information content (AvgIpc) is 3.38. The first-order valence-electron chi connectivity index (χ1n) is 12.3. The zero-order valence-electron chi connectivity index (χ0n) is 20.1. The van der Waals surface area contributed by atoms with Crippen molar-refractivity contribution >= 4 is 22.9 Å². The van der Waals surface area contributed by atoms with Gasteiger partial charge < -0.3 is 9.88 Å². The number of nitrogens with zero attached hydrogens (tertiary/aromatic N) is 7. The number of aromatic amines is 1. The molecule has 3 aromatic rings. The zero-order valence-corrected chi connectivity index (χ0v) is 20.1. The number of H-pyrrole nitrogens is 1. The van der Waals surface area contributed by atoms with Crippen molar-refractivity contribution in [3.05, 3.63) is 47.5 Å². The highest BCUT2D eigenvalue weighted by molar-refractivity contribution is 5.96. The lowest BCUT2D eigenvalue weighted by atomic mass is 9.94. The minimum Gasteiger partial charge on any atom is -0.340 e. The van der Waals surface area contributed by atoms with E-state index >= 15 is 0 Å². The molecule has 0 radical (unpaired) electrons. The first-order chi connectivity index (χ1) is 17.1. The summed E-state index contributed by atoms with van der Waals surface area (Å²) >= 11 is 0. The van der Waals surface area contributed by atoms with Crippen LogP contribution < -0.4 is 5.43 Å². The lowest BCUT2D eigenvalue weighted by Gasteiger charge is -2.35. The third kappa shape index (κ3) is 5.26. The van der Waals surface area contributed by atoms with Crippen LogP contribution in [0.2, 0.25) is 0 Å². The summed E-state index contributed by atoms with van der Waals surface area (Å²) in [5.74, 6) is 0.291. The fourth-order valence-electron chi connectivity index (χ4n) is 4.88. The van der Waals surface area contributed by atoms with Gasteiger partial charge in [0.05, 0.1) is 12.4 Å². The molecule has 10 heteroatoms. The van der Waals surface area contributed by atoms with E-state index < -0.39 is 0 Å². The number of carbonyl (C=O) groups is 1. The second-order valence-corrected chi connectivity index (χ2v) is 9.46. The van der Waals surface area contributed by atoms with Crippen LogP contribution in [0.25, 0.3) is 11.2 Å². The maximum absolute atomic E-state index is 13.7. The quantitative estimate of drug-likeness (QED) is 0.525. The second kappa shape index (κ2) is 10.4. The summed E-state index contributed by atoms with van der Waals surface area (Å²) in [6.07, 6.45) is 6.68. The van der Waals surface area contributed by atoms with Crippen LogP contribution >= 0.6 is 0 Å². The minimum atomic E-state index is -0.104. The van der Waals surface area contributed by atoms with Gasteiger partial charge in [-0.3, -0.25) is 15.1 Å². The van der Waals surface area contributed by atoms with Gasteiger partial charge in [0.2, 0.25) is 5.82 Å². The number of aromatic nitrogens is 4. The van der Waals surface area contributed by atoms with Crippen molar-refractivity contribution in [1.29, 1.82) is 5.26 Å². The molecule has 182 valence electrons. The average molecular weight is 474 g/mol. The van der Waals surface area contributed by atoms with Gasteiger partial charge in [0.25, 0.3) is 5.91 Å². The lowest BCUT2D eigenvalue weighted by Crippen LogP contribution is -2.45. The molecule has 1 aromatic carbocycles. The van der Waals surface area contributed by atoms with Gasteiger partial charge in [0.1, 0.15) is 11.6 Å². The van der Waals surface area contributed by atoms with Gasteiger partial charge in [0.15, 0.2) is 11.5 Å². The molecular formula is C25H31N9O. The Morgan fingerprint density at radius 3 is 2.60 bits per heavy atom. The predicted octanol–water partition coefficient (Wildman–Crippen LogP) is 2.77. The van der Waals surface area contributed by atoms with E-state index in [9.17, 15) is 10.1 Å². The monoisotopic (exact) mass is 473 g/mol. The molecule has 0 bridgehead atoms. The highest BCUT2D eigenvalue weighted by atomic mass is 16.2.